The number of nitrogens with one attached hydrogen (secondary N) is 1. The number of carbonyl (C=O) groups is 2. The molecule has 0 saturated carbocycles. The van der Waals surface area contributed by atoms with Crippen LogP contribution in [0.2, 0.25) is 0 Å². The van der Waals surface area contributed by atoms with E-state index in [2.05, 4.69) is 5.32 Å². The lowest BCUT2D eigenvalue weighted by atomic mass is 10.0. The highest BCUT2D eigenvalue weighted by molar-refractivity contribution is 6.01. The molecule has 0 aliphatic rings. The molecular weight excluding hydrogens is 274 g/mol. The van der Waals surface area contributed by atoms with Gasteiger partial charge in [-0.1, -0.05) is 19.9 Å². The van der Waals surface area contributed by atoms with Crippen LogP contribution in [-0.4, -0.2) is 37.2 Å². The topological polar surface area (TPSA) is 84.9 Å². The average Bonchev–Trinajstić information content (AvgIpc) is 2.44. The lowest BCUT2D eigenvalue weighted by Gasteiger charge is -2.18. The molecule has 6 nitrogen and oxygen atoms in total. The number of amides is 1. The number of rotatable bonds is 7. The highest BCUT2D eigenvalue weighted by atomic mass is 16.5. The second kappa shape index (κ2) is 7.52. The van der Waals surface area contributed by atoms with Crippen molar-refractivity contribution in [3.05, 3.63) is 23.8 Å². The summed E-state index contributed by atoms with van der Waals surface area (Å²) in [4.78, 5) is 23.6. The number of carbonyl (C=O) groups excluding carboxylic acids is 1. The third kappa shape index (κ3) is 4.37. The van der Waals surface area contributed by atoms with Crippen molar-refractivity contribution in [3.63, 3.8) is 0 Å². The van der Waals surface area contributed by atoms with Crippen LogP contribution in [0, 0.1) is 5.92 Å². The Morgan fingerprint density at radius 1 is 1.19 bits per heavy atom. The monoisotopic (exact) mass is 295 g/mol. The third-order valence-corrected chi connectivity index (χ3v) is 2.97. The van der Waals surface area contributed by atoms with Gasteiger partial charge in [-0.15, -0.1) is 0 Å². The number of carboxylic acids is 1. The standard InChI is InChI=1S/C15H21NO5/c1-9(2)8-10(15(18)19)16-14(17)13-11(20-3)6-5-7-12(13)21-4/h5-7,9-10H,8H2,1-4H3,(H,16,17)(H,18,19)/t10-/m0/s1. The van der Waals surface area contributed by atoms with Crippen LogP contribution >= 0.6 is 0 Å². The lowest BCUT2D eigenvalue weighted by Crippen LogP contribution is -2.41. The van der Waals surface area contributed by atoms with Gasteiger partial charge in [0.15, 0.2) is 0 Å². The minimum Gasteiger partial charge on any atom is -0.496 e. The Bertz CT molecular complexity index is 491. The molecule has 1 amide bonds. The molecule has 0 unspecified atom stereocenters. The van der Waals surface area contributed by atoms with Crippen molar-refractivity contribution < 1.29 is 24.2 Å². The SMILES string of the molecule is COc1cccc(OC)c1C(=O)N[C@@H](CC(C)C)C(=O)O. The fraction of sp³-hybridized carbons (Fsp3) is 0.467. The van der Waals surface area contributed by atoms with E-state index in [1.165, 1.54) is 14.2 Å². The molecule has 1 aromatic rings. The molecule has 0 radical (unpaired) electrons. The number of methoxy groups -OCH3 is 2. The quantitative estimate of drug-likeness (QED) is 0.803. The minimum absolute atomic E-state index is 0.144. The molecule has 0 aliphatic carbocycles. The summed E-state index contributed by atoms with van der Waals surface area (Å²) < 4.78 is 10.3. The average molecular weight is 295 g/mol. The minimum atomic E-state index is -1.06. The summed E-state index contributed by atoms with van der Waals surface area (Å²) in [6.07, 6.45) is 0.346. The highest BCUT2D eigenvalue weighted by Gasteiger charge is 2.25. The molecule has 0 bridgehead atoms. The second-order valence-electron chi connectivity index (χ2n) is 5.03. The Labute approximate surface area is 124 Å². The molecule has 0 saturated heterocycles. The summed E-state index contributed by atoms with van der Waals surface area (Å²) in [5.41, 5.74) is 0.192. The number of aliphatic carboxylic acids is 1. The Kier molecular flexibility index (Phi) is 6.02. The zero-order valence-corrected chi connectivity index (χ0v) is 12.7. The van der Waals surface area contributed by atoms with E-state index in [1.54, 1.807) is 18.2 Å². The van der Waals surface area contributed by atoms with E-state index in [4.69, 9.17) is 9.47 Å². The number of carboxylic acid groups (broad SMARTS) is 1. The van der Waals surface area contributed by atoms with Gasteiger partial charge in [-0.05, 0) is 24.5 Å². The number of benzene rings is 1. The summed E-state index contributed by atoms with van der Waals surface area (Å²) in [7, 11) is 2.88. The van der Waals surface area contributed by atoms with E-state index in [1.807, 2.05) is 13.8 Å². The largest absolute Gasteiger partial charge is 0.496 e. The predicted molar refractivity (Wildman–Crippen MR) is 77.9 cm³/mol. The summed E-state index contributed by atoms with van der Waals surface area (Å²) in [6.45, 7) is 3.79. The molecule has 116 valence electrons. The Balaban J connectivity index is 3.04. The van der Waals surface area contributed by atoms with Gasteiger partial charge in [0, 0.05) is 0 Å². The Hall–Kier alpha value is -2.24. The van der Waals surface area contributed by atoms with Gasteiger partial charge >= 0.3 is 5.97 Å². The first-order chi connectivity index (χ1) is 9.90. The normalized spacial score (nSPS) is 11.9. The van der Waals surface area contributed by atoms with Crippen LogP contribution in [0.4, 0.5) is 0 Å². The molecule has 6 heteroatoms. The maximum Gasteiger partial charge on any atom is 0.326 e. The first-order valence-corrected chi connectivity index (χ1v) is 6.65. The number of ether oxygens (including phenoxy) is 2. The molecule has 0 aliphatic heterocycles. The van der Waals surface area contributed by atoms with Crippen molar-refractivity contribution >= 4 is 11.9 Å². The summed E-state index contributed by atoms with van der Waals surface area (Å²) in [5.74, 6) is -0.782. The predicted octanol–water partition coefficient (Wildman–Crippen LogP) is 1.93. The molecule has 0 heterocycles. The molecule has 0 aromatic heterocycles. The zero-order valence-electron chi connectivity index (χ0n) is 12.7. The summed E-state index contributed by atoms with van der Waals surface area (Å²) in [5, 5.41) is 11.7. The van der Waals surface area contributed by atoms with Gasteiger partial charge in [0.1, 0.15) is 23.1 Å². The Morgan fingerprint density at radius 2 is 1.71 bits per heavy atom. The molecule has 21 heavy (non-hydrogen) atoms. The van der Waals surface area contributed by atoms with Crippen LogP contribution in [0.5, 0.6) is 11.5 Å². The van der Waals surface area contributed by atoms with E-state index in [0.717, 1.165) is 0 Å². The van der Waals surface area contributed by atoms with Gasteiger partial charge < -0.3 is 19.9 Å². The van der Waals surface area contributed by atoms with Gasteiger partial charge in [0.05, 0.1) is 14.2 Å². The molecule has 1 aromatic carbocycles. The van der Waals surface area contributed by atoms with Crippen molar-refractivity contribution in [3.8, 4) is 11.5 Å². The van der Waals surface area contributed by atoms with E-state index < -0.39 is 17.9 Å². The van der Waals surface area contributed by atoms with Crippen LogP contribution in [0.25, 0.3) is 0 Å². The van der Waals surface area contributed by atoms with E-state index in [9.17, 15) is 14.7 Å². The smallest absolute Gasteiger partial charge is 0.326 e. The summed E-state index contributed by atoms with van der Waals surface area (Å²) >= 11 is 0. The fourth-order valence-corrected chi connectivity index (χ4v) is 2.00. The summed E-state index contributed by atoms with van der Waals surface area (Å²) in [6, 6.07) is 3.98. The van der Waals surface area contributed by atoms with Crippen LogP contribution < -0.4 is 14.8 Å². The zero-order chi connectivity index (χ0) is 16.0. The van der Waals surface area contributed by atoms with Gasteiger partial charge in [0.25, 0.3) is 5.91 Å². The maximum absolute atomic E-state index is 12.4. The Morgan fingerprint density at radius 3 is 2.10 bits per heavy atom. The fourth-order valence-electron chi connectivity index (χ4n) is 2.00. The highest BCUT2D eigenvalue weighted by Crippen LogP contribution is 2.28. The van der Waals surface area contributed by atoms with E-state index in [-0.39, 0.29) is 11.5 Å². The maximum atomic E-state index is 12.4. The van der Waals surface area contributed by atoms with Gasteiger partial charge in [-0.3, -0.25) is 4.79 Å². The number of hydrogen-bond donors (Lipinski definition) is 2. The number of hydrogen-bond acceptors (Lipinski definition) is 4. The second-order valence-corrected chi connectivity index (χ2v) is 5.03. The molecular formula is C15H21NO5. The van der Waals surface area contributed by atoms with Crippen LogP contribution in [0.1, 0.15) is 30.6 Å². The molecule has 0 fully saturated rings. The van der Waals surface area contributed by atoms with Crippen LogP contribution in [0.15, 0.2) is 18.2 Å². The van der Waals surface area contributed by atoms with E-state index in [0.29, 0.717) is 17.9 Å². The van der Waals surface area contributed by atoms with E-state index >= 15 is 0 Å². The lowest BCUT2D eigenvalue weighted by molar-refractivity contribution is -0.139. The molecule has 0 spiro atoms. The molecule has 1 atom stereocenters. The van der Waals surface area contributed by atoms with Crippen molar-refractivity contribution in [2.75, 3.05) is 14.2 Å². The first kappa shape index (κ1) is 16.8. The first-order valence-electron chi connectivity index (χ1n) is 6.65. The van der Waals surface area contributed by atoms with Crippen molar-refractivity contribution in [1.82, 2.24) is 5.32 Å². The van der Waals surface area contributed by atoms with Crippen LogP contribution in [-0.2, 0) is 4.79 Å². The van der Waals surface area contributed by atoms with Crippen LogP contribution in [0.3, 0.4) is 0 Å². The van der Waals surface area contributed by atoms with Crippen molar-refractivity contribution in [1.29, 1.82) is 0 Å². The molecule has 1 rings (SSSR count). The molecule has 2 N–H and O–H groups in total. The van der Waals surface area contributed by atoms with Crippen molar-refractivity contribution in [2.45, 2.75) is 26.3 Å². The third-order valence-electron chi connectivity index (χ3n) is 2.97. The van der Waals surface area contributed by atoms with Crippen molar-refractivity contribution in [2.24, 2.45) is 5.92 Å². The van der Waals surface area contributed by atoms with Gasteiger partial charge in [-0.25, -0.2) is 4.79 Å². The van der Waals surface area contributed by atoms with Gasteiger partial charge in [0.2, 0.25) is 0 Å². The van der Waals surface area contributed by atoms with Gasteiger partial charge in [-0.2, -0.15) is 0 Å².